The van der Waals surface area contributed by atoms with Crippen molar-refractivity contribution in [3.05, 3.63) is 18.0 Å². The normalized spacial score (nSPS) is 13.8. The molecule has 78 valence electrons. The molecule has 14 heavy (non-hydrogen) atoms. The van der Waals surface area contributed by atoms with Gasteiger partial charge in [0.15, 0.2) is 6.10 Å². The van der Waals surface area contributed by atoms with Crippen molar-refractivity contribution in [1.29, 1.82) is 0 Å². The number of ether oxygens (including phenoxy) is 1. The fraction of sp³-hybridized carbons (Fsp3) is 0.429. The lowest BCUT2D eigenvalue weighted by atomic mass is 10.2. The molecule has 4 nitrogen and oxygen atoms in total. The lowest BCUT2D eigenvalue weighted by Gasteiger charge is -2.13. The summed E-state index contributed by atoms with van der Waals surface area (Å²) in [5.74, 6) is 0. The Hall–Kier alpha value is -1.37. The SMILES string of the molecule is COc1ncc(C(O)C(F)(F)F)cn1. The third-order valence-electron chi connectivity index (χ3n) is 1.46. The van der Waals surface area contributed by atoms with Crippen LogP contribution in [0.1, 0.15) is 11.7 Å². The van der Waals surface area contributed by atoms with Crippen LogP contribution >= 0.6 is 0 Å². The second-order valence-corrected chi connectivity index (χ2v) is 2.45. The fourth-order valence-corrected chi connectivity index (χ4v) is 0.762. The standard InChI is InChI=1S/C7H7F3N2O2/c1-14-6-11-2-4(3-12-6)5(13)7(8,9)10/h2-3,5,13H,1H3. The van der Waals surface area contributed by atoms with Gasteiger partial charge in [0, 0.05) is 18.0 Å². The Bertz CT molecular complexity index is 299. The number of halogens is 3. The van der Waals surface area contributed by atoms with E-state index < -0.39 is 17.8 Å². The van der Waals surface area contributed by atoms with Gasteiger partial charge in [-0.05, 0) is 0 Å². The summed E-state index contributed by atoms with van der Waals surface area (Å²) >= 11 is 0. The van der Waals surface area contributed by atoms with Gasteiger partial charge in [0.05, 0.1) is 7.11 Å². The summed E-state index contributed by atoms with van der Waals surface area (Å²) in [5, 5.41) is 8.77. The van der Waals surface area contributed by atoms with Crippen LogP contribution in [-0.4, -0.2) is 28.4 Å². The highest BCUT2D eigenvalue weighted by Crippen LogP contribution is 2.31. The topological polar surface area (TPSA) is 55.2 Å². The molecule has 0 aliphatic carbocycles. The van der Waals surface area contributed by atoms with Crippen LogP contribution in [0.3, 0.4) is 0 Å². The van der Waals surface area contributed by atoms with E-state index in [1.807, 2.05) is 0 Å². The van der Waals surface area contributed by atoms with Crippen LogP contribution < -0.4 is 4.74 Å². The molecule has 0 radical (unpaired) electrons. The van der Waals surface area contributed by atoms with Crippen LogP contribution in [0, 0.1) is 0 Å². The van der Waals surface area contributed by atoms with E-state index in [-0.39, 0.29) is 6.01 Å². The zero-order chi connectivity index (χ0) is 10.8. The highest BCUT2D eigenvalue weighted by molar-refractivity contribution is 5.12. The van der Waals surface area contributed by atoms with Gasteiger partial charge in [-0.3, -0.25) is 0 Å². The van der Waals surface area contributed by atoms with E-state index in [4.69, 9.17) is 5.11 Å². The molecule has 1 unspecified atom stereocenters. The summed E-state index contributed by atoms with van der Waals surface area (Å²) in [7, 11) is 1.29. The summed E-state index contributed by atoms with van der Waals surface area (Å²) in [6.07, 6.45) is -5.54. The fourth-order valence-electron chi connectivity index (χ4n) is 0.762. The van der Waals surface area contributed by atoms with Crippen molar-refractivity contribution >= 4 is 0 Å². The van der Waals surface area contributed by atoms with E-state index in [1.165, 1.54) is 7.11 Å². The molecule has 0 aliphatic heterocycles. The maximum absolute atomic E-state index is 12.0. The summed E-state index contributed by atoms with van der Waals surface area (Å²) in [5.41, 5.74) is -0.418. The molecule has 1 N–H and O–H groups in total. The Morgan fingerprint density at radius 3 is 2.21 bits per heavy atom. The number of alkyl halides is 3. The second-order valence-electron chi connectivity index (χ2n) is 2.45. The number of methoxy groups -OCH3 is 1. The van der Waals surface area contributed by atoms with Crippen LogP contribution in [-0.2, 0) is 0 Å². The molecule has 0 saturated heterocycles. The Morgan fingerprint density at radius 1 is 1.36 bits per heavy atom. The third kappa shape index (κ3) is 2.32. The van der Waals surface area contributed by atoms with Gasteiger partial charge in [-0.15, -0.1) is 0 Å². The number of hydrogen-bond donors (Lipinski definition) is 1. The molecule has 1 aromatic rings. The van der Waals surface area contributed by atoms with Crippen LogP contribution in [0.4, 0.5) is 13.2 Å². The molecule has 1 rings (SSSR count). The van der Waals surface area contributed by atoms with E-state index in [2.05, 4.69) is 14.7 Å². The van der Waals surface area contributed by atoms with E-state index >= 15 is 0 Å². The lowest BCUT2D eigenvalue weighted by molar-refractivity contribution is -0.207. The molecular formula is C7H7F3N2O2. The van der Waals surface area contributed by atoms with Crippen molar-refractivity contribution in [2.75, 3.05) is 7.11 Å². The maximum atomic E-state index is 12.0. The van der Waals surface area contributed by atoms with Gasteiger partial charge < -0.3 is 9.84 Å². The van der Waals surface area contributed by atoms with Crippen molar-refractivity contribution in [3.63, 3.8) is 0 Å². The summed E-state index contributed by atoms with van der Waals surface area (Å²) in [4.78, 5) is 6.88. The highest BCUT2D eigenvalue weighted by atomic mass is 19.4. The predicted molar refractivity (Wildman–Crippen MR) is 39.6 cm³/mol. The Morgan fingerprint density at radius 2 is 1.86 bits per heavy atom. The Balaban J connectivity index is 2.87. The second kappa shape index (κ2) is 3.79. The monoisotopic (exact) mass is 208 g/mol. The van der Waals surface area contributed by atoms with E-state index in [1.54, 1.807) is 0 Å². The smallest absolute Gasteiger partial charge is 0.418 e. The van der Waals surface area contributed by atoms with E-state index in [0.717, 1.165) is 12.4 Å². The average molecular weight is 208 g/mol. The van der Waals surface area contributed by atoms with Gasteiger partial charge in [-0.2, -0.15) is 13.2 Å². The van der Waals surface area contributed by atoms with Crippen LogP contribution in [0.2, 0.25) is 0 Å². The summed E-state index contributed by atoms with van der Waals surface area (Å²) in [6, 6.07) is -0.0527. The van der Waals surface area contributed by atoms with Crippen LogP contribution in [0.15, 0.2) is 12.4 Å². The molecule has 0 amide bonds. The van der Waals surface area contributed by atoms with Gasteiger partial charge in [-0.25, -0.2) is 9.97 Å². The minimum atomic E-state index is -4.71. The molecule has 0 spiro atoms. The molecule has 1 atom stereocenters. The predicted octanol–water partition coefficient (Wildman–Crippen LogP) is 1.08. The van der Waals surface area contributed by atoms with Gasteiger partial charge in [0.1, 0.15) is 0 Å². The average Bonchev–Trinajstić information content (AvgIpc) is 2.15. The van der Waals surface area contributed by atoms with Crippen molar-refractivity contribution in [3.8, 4) is 6.01 Å². The number of aliphatic hydroxyl groups is 1. The zero-order valence-corrected chi connectivity index (χ0v) is 7.12. The molecular weight excluding hydrogens is 201 g/mol. The molecule has 0 aliphatic rings. The maximum Gasteiger partial charge on any atom is 0.418 e. The third-order valence-corrected chi connectivity index (χ3v) is 1.46. The minimum absolute atomic E-state index is 0.0527. The molecule has 0 bridgehead atoms. The number of hydrogen-bond acceptors (Lipinski definition) is 4. The minimum Gasteiger partial charge on any atom is -0.467 e. The quantitative estimate of drug-likeness (QED) is 0.790. The first kappa shape index (κ1) is 10.7. The largest absolute Gasteiger partial charge is 0.467 e. The van der Waals surface area contributed by atoms with Crippen molar-refractivity contribution < 1.29 is 23.0 Å². The van der Waals surface area contributed by atoms with E-state index in [0.29, 0.717) is 0 Å². The first-order valence-electron chi connectivity index (χ1n) is 3.56. The van der Waals surface area contributed by atoms with Gasteiger partial charge >= 0.3 is 12.2 Å². The summed E-state index contributed by atoms with van der Waals surface area (Å²) < 4.78 is 40.5. The van der Waals surface area contributed by atoms with Gasteiger partial charge in [0.2, 0.25) is 0 Å². The van der Waals surface area contributed by atoms with E-state index in [9.17, 15) is 13.2 Å². The molecule has 0 saturated carbocycles. The number of aromatic nitrogens is 2. The molecule has 1 heterocycles. The zero-order valence-electron chi connectivity index (χ0n) is 7.12. The van der Waals surface area contributed by atoms with Crippen molar-refractivity contribution in [2.45, 2.75) is 12.3 Å². The number of aliphatic hydroxyl groups excluding tert-OH is 1. The molecule has 0 fully saturated rings. The number of nitrogens with zero attached hydrogens (tertiary/aromatic N) is 2. The lowest BCUT2D eigenvalue weighted by Crippen LogP contribution is -2.20. The van der Waals surface area contributed by atoms with Crippen LogP contribution in [0.25, 0.3) is 0 Å². The summed E-state index contributed by atoms with van der Waals surface area (Å²) in [6.45, 7) is 0. The molecule has 7 heteroatoms. The highest BCUT2D eigenvalue weighted by Gasteiger charge is 2.39. The van der Waals surface area contributed by atoms with Crippen molar-refractivity contribution in [1.82, 2.24) is 9.97 Å². The van der Waals surface area contributed by atoms with Crippen molar-refractivity contribution in [2.24, 2.45) is 0 Å². The molecule has 0 aromatic carbocycles. The Kier molecular flexibility index (Phi) is 2.90. The first-order chi connectivity index (χ1) is 6.45. The van der Waals surface area contributed by atoms with Crippen LogP contribution in [0.5, 0.6) is 6.01 Å². The molecule has 1 aromatic heterocycles. The van der Waals surface area contributed by atoms with Gasteiger partial charge in [-0.1, -0.05) is 0 Å². The Labute approximate surface area is 77.4 Å². The first-order valence-corrected chi connectivity index (χ1v) is 3.56. The number of rotatable bonds is 2. The van der Waals surface area contributed by atoms with Gasteiger partial charge in [0.25, 0.3) is 0 Å².